The Kier molecular flexibility index (Phi) is 5.62. The minimum absolute atomic E-state index is 0.317. The van der Waals surface area contributed by atoms with Gasteiger partial charge in [0, 0.05) is 18.6 Å². The highest BCUT2D eigenvalue weighted by Gasteiger charge is 2.30. The van der Waals surface area contributed by atoms with E-state index >= 15 is 0 Å². The molecule has 1 aliphatic rings. The van der Waals surface area contributed by atoms with E-state index in [1.54, 1.807) is 0 Å². The number of hydrogen-bond donors (Lipinski definition) is 1. The first-order valence-electron chi connectivity index (χ1n) is 8.27. The zero-order chi connectivity index (χ0) is 14.4. The van der Waals surface area contributed by atoms with Crippen molar-refractivity contribution in [3.63, 3.8) is 0 Å². The summed E-state index contributed by atoms with van der Waals surface area (Å²) in [6, 6.07) is 8.92. The highest BCUT2D eigenvalue weighted by Crippen LogP contribution is 2.22. The minimum atomic E-state index is 0.317. The van der Waals surface area contributed by atoms with Crippen molar-refractivity contribution < 1.29 is 0 Å². The molecule has 1 aliphatic heterocycles. The highest BCUT2D eigenvalue weighted by molar-refractivity contribution is 5.27. The van der Waals surface area contributed by atoms with Crippen LogP contribution in [0, 0.1) is 0 Å². The topological polar surface area (TPSA) is 15.3 Å². The van der Waals surface area contributed by atoms with Crippen molar-refractivity contribution in [1.82, 2.24) is 10.2 Å². The van der Waals surface area contributed by atoms with Crippen LogP contribution in [0.5, 0.6) is 0 Å². The molecular formula is C18H30N2. The Labute approximate surface area is 124 Å². The number of nitrogens with one attached hydrogen (secondary N) is 1. The van der Waals surface area contributed by atoms with Crippen LogP contribution in [0.25, 0.3) is 0 Å². The average molecular weight is 274 g/mol. The Morgan fingerprint density at radius 1 is 1.10 bits per heavy atom. The summed E-state index contributed by atoms with van der Waals surface area (Å²) in [5.74, 6) is 0. The molecule has 1 saturated heterocycles. The summed E-state index contributed by atoms with van der Waals surface area (Å²) in [5.41, 5.74) is 3.33. The Balaban J connectivity index is 2.11. The SMILES string of the molecule is CCc1ccccc1CN1CCCNC(CC)(CC)C1. The molecule has 1 fully saturated rings. The summed E-state index contributed by atoms with van der Waals surface area (Å²) < 4.78 is 0. The monoisotopic (exact) mass is 274 g/mol. The number of nitrogens with zero attached hydrogens (tertiary/aromatic N) is 1. The van der Waals surface area contributed by atoms with Crippen molar-refractivity contribution in [2.24, 2.45) is 0 Å². The first-order valence-corrected chi connectivity index (χ1v) is 8.27. The van der Waals surface area contributed by atoms with Crippen molar-refractivity contribution in [1.29, 1.82) is 0 Å². The molecule has 2 nitrogen and oxygen atoms in total. The van der Waals surface area contributed by atoms with Gasteiger partial charge in [-0.05, 0) is 49.9 Å². The van der Waals surface area contributed by atoms with Gasteiger partial charge in [0.1, 0.15) is 0 Å². The van der Waals surface area contributed by atoms with Gasteiger partial charge in [0.2, 0.25) is 0 Å². The van der Waals surface area contributed by atoms with Crippen molar-refractivity contribution in [3.8, 4) is 0 Å². The molecule has 0 radical (unpaired) electrons. The molecule has 0 aliphatic carbocycles. The van der Waals surface area contributed by atoms with Crippen molar-refractivity contribution >= 4 is 0 Å². The summed E-state index contributed by atoms with van der Waals surface area (Å²) in [4.78, 5) is 2.65. The van der Waals surface area contributed by atoms with Crippen LogP contribution in [-0.2, 0) is 13.0 Å². The highest BCUT2D eigenvalue weighted by atomic mass is 15.2. The van der Waals surface area contributed by atoms with Gasteiger partial charge in [-0.15, -0.1) is 0 Å². The number of aryl methyl sites for hydroxylation is 1. The van der Waals surface area contributed by atoms with Gasteiger partial charge in [-0.3, -0.25) is 4.90 Å². The summed E-state index contributed by atoms with van der Waals surface area (Å²) in [7, 11) is 0. The molecule has 112 valence electrons. The third-order valence-electron chi connectivity index (χ3n) is 4.92. The van der Waals surface area contributed by atoms with Gasteiger partial charge < -0.3 is 5.32 Å². The van der Waals surface area contributed by atoms with E-state index in [4.69, 9.17) is 0 Å². The molecule has 1 heterocycles. The normalized spacial score (nSPS) is 19.8. The standard InChI is InChI=1S/C18H30N2/c1-4-16-10-7-8-11-17(16)14-20-13-9-12-19-18(5-2,6-3)15-20/h7-8,10-11,19H,4-6,9,12-15H2,1-3H3. The molecule has 0 spiro atoms. The smallest absolute Gasteiger partial charge is 0.0303 e. The maximum atomic E-state index is 3.80. The Hall–Kier alpha value is -0.860. The van der Waals surface area contributed by atoms with Crippen molar-refractivity contribution in [2.45, 2.75) is 58.5 Å². The minimum Gasteiger partial charge on any atom is -0.310 e. The van der Waals surface area contributed by atoms with Gasteiger partial charge in [-0.1, -0.05) is 45.0 Å². The second-order valence-corrected chi connectivity index (χ2v) is 6.10. The Morgan fingerprint density at radius 2 is 1.80 bits per heavy atom. The van der Waals surface area contributed by atoms with Gasteiger partial charge in [0.05, 0.1) is 0 Å². The molecule has 0 unspecified atom stereocenters. The third-order valence-corrected chi connectivity index (χ3v) is 4.92. The van der Waals surface area contributed by atoms with E-state index < -0.39 is 0 Å². The number of hydrogen-bond acceptors (Lipinski definition) is 2. The second-order valence-electron chi connectivity index (χ2n) is 6.10. The van der Waals surface area contributed by atoms with E-state index in [-0.39, 0.29) is 0 Å². The lowest BCUT2D eigenvalue weighted by Gasteiger charge is -2.35. The molecule has 2 heteroatoms. The molecule has 0 saturated carbocycles. The molecule has 0 aromatic heterocycles. The van der Waals surface area contributed by atoms with Crippen LogP contribution >= 0.6 is 0 Å². The quantitative estimate of drug-likeness (QED) is 0.882. The van der Waals surface area contributed by atoms with E-state index in [9.17, 15) is 0 Å². The second kappa shape index (κ2) is 7.24. The van der Waals surface area contributed by atoms with E-state index in [1.807, 2.05) is 0 Å². The molecule has 0 amide bonds. The molecule has 1 aromatic carbocycles. The summed E-state index contributed by atoms with van der Waals surface area (Å²) in [6.07, 6.45) is 4.83. The predicted molar refractivity (Wildman–Crippen MR) is 87.0 cm³/mol. The van der Waals surface area contributed by atoms with E-state index in [0.717, 1.165) is 19.5 Å². The lowest BCUT2D eigenvalue weighted by atomic mass is 9.92. The first kappa shape index (κ1) is 15.5. The van der Waals surface area contributed by atoms with Gasteiger partial charge in [0.25, 0.3) is 0 Å². The molecule has 2 rings (SSSR count). The van der Waals surface area contributed by atoms with Crippen molar-refractivity contribution in [2.75, 3.05) is 19.6 Å². The van der Waals surface area contributed by atoms with Crippen LogP contribution in [0.2, 0.25) is 0 Å². The van der Waals surface area contributed by atoms with Crippen LogP contribution < -0.4 is 5.32 Å². The fourth-order valence-electron chi connectivity index (χ4n) is 3.38. The summed E-state index contributed by atoms with van der Waals surface area (Å²) in [6.45, 7) is 11.6. The average Bonchev–Trinajstić information content (AvgIpc) is 2.71. The first-order chi connectivity index (χ1) is 9.73. The zero-order valence-electron chi connectivity index (χ0n) is 13.4. The van der Waals surface area contributed by atoms with Crippen LogP contribution in [0.1, 0.15) is 51.2 Å². The number of benzene rings is 1. The van der Waals surface area contributed by atoms with Crippen LogP contribution in [-0.4, -0.2) is 30.1 Å². The third kappa shape index (κ3) is 3.62. The van der Waals surface area contributed by atoms with E-state index in [2.05, 4.69) is 55.3 Å². The van der Waals surface area contributed by atoms with Gasteiger partial charge in [-0.25, -0.2) is 0 Å². The van der Waals surface area contributed by atoms with Gasteiger partial charge >= 0.3 is 0 Å². The fourth-order valence-corrected chi connectivity index (χ4v) is 3.38. The maximum Gasteiger partial charge on any atom is 0.0303 e. The predicted octanol–water partition coefficient (Wildman–Crippen LogP) is 3.60. The zero-order valence-corrected chi connectivity index (χ0v) is 13.4. The summed E-state index contributed by atoms with van der Waals surface area (Å²) >= 11 is 0. The lowest BCUT2D eigenvalue weighted by Crippen LogP contribution is -2.50. The molecular weight excluding hydrogens is 244 g/mol. The van der Waals surface area contributed by atoms with Gasteiger partial charge in [-0.2, -0.15) is 0 Å². The molecule has 0 bridgehead atoms. The number of rotatable bonds is 5. The lowest BCUT2D eigenvalue weighted by molar-refractivity contribution is 0.191. The fraction of sp³-hybridized carbons (Fsp3) is 0.667. The van der Waals surface area contributed by atoms with Crippen LogP contribution in [0.3, 0.4) is 0 Å². The van der Waals surface area contributed by atoms with Crippen LogP contribution in [0.4, 0.5) is 0 Å². The van der Waals surface area contributed by atoms with E-state index in [1.165, 1.54) is 43.5 Å². The Morgan fingerprint density at radius 3 is 2.45 bits per heavy atom. The summed E-state index contributed by atoms with van der Waals surface area (Å²) in [5, 5.41) is 3.80. The molecule has 1 aromatic rings. The Bertz CT molecular complexity index is 410. The molecule has 1 N–H and O–H groups in total. The molecule has 0 atom stereocenters. The largest absolute Gasteiger partial charge is 0.310 e. The van der Waals surface area contributed by atoms with Crippen LogP contribution in [0.15, 0.2) is 24.3 Å². The van der Waals surface area contributed by atoms with E-state index in [0.29, 0.717) is 5.54 Å². The molecule has 20 heavy (non-hydrogen) atoms. The van der Waals surface area contributed by atoms with Gasteiger partial charge in [0.15, 0.2) is 0 Å². The maximum absolute atomic E-state index is 3.80. The van der Waals surface area contributed by atoms with Crippen molar-refractivity contribution in [3.05, 3.63) is 35.4 Å².